The van der Waals surface area contributed by atoms with Gasteiger partial charge >= 0.3 is 0 Å². The highest BCUT2D eigenvalue weighted by molar-refractivity contribution is 9.10. The Morgan fingerprint density at radius 3 is 2.48 bits per heavy atom. The second-order valence-electron chi connectivity index (χ2n) is 4.44. The van der Waals surface area contributed by atoms with Gasteiger partial charge in [0.1, 0.15) is 11.6 Å². The summed E-state index contributed by atoms with van der Waals surface area (Å²) in [5, 5.41) is 4.03. The zero-order valence-corrected chi connectivity index (χ0v) is 14.2. The van der Waals surface area contributed by atoms with Crippen LogP contribution in [0.25, 0.3) is 0 Å². The first-order valence-electron chi connectivity index (χ1n) is 6.26. The molecule has 1 unspecified atom stereocenters. The van der Waals surface area contributed by atoms with Gasteiger partial charge in [-0.15, -0.1) is 0 Å². The fraction of sp³-hybridized carbons (Fsp3) is 0.200. The molecule has 1 atom stereocenters. The molecule has 0 fully saturated rings. The van der Waals surface area contributed by atoms with E-state index in [1.165, 1.54) is 0 Å². The lowest BCUT2D eigenvalue weighted by molar-refractivity contribution is 0.542. The molecule has 0 spiro atoms. The van der Waals surface area contributed by atoms with Gasteiger partial charge in [-0.2, -0.15) is 0 Å². The maximum Gasteiger partial charge on any atom is 0.137 e. The molecule has 6 heteroatoms. The third kappa shape index (κ3) is 3.75. The van der Waals surface area contributed by atoms with Crippen LogP contribution in [0.15, 0.2) is 34.8 Å². The van der Waals surface area contributed by atoms with E-state index in [-0.39, 0.29) is 10.0 Å². The lowest BCUT2D eigenvalue weighted by Crippen LogP contribution is -2.23. The number of halogens is 5. The van der Waals surface area contributed by atoms with Crippen LogP contribution in [0.2, 0.25) is 10.0 Å². The molecule has 0 bridgehead atoms. The molecule has 0 aliphatic rings. The molecule has 0 saturated carbocycles. The van der Waals surface area contributed by atoms with Crippen molar-refractivity contribution in [2.24, 2.45) is 0 Å². The Balaban J connectivity index is 2.58. The molecule has 112 valence electrons. The first-order chi connectivity index (χ1) is 9.93. The number of nitrogens with one attached hydrogen (secondary N) is 1. The van der Waals surface area contributed by atoms with Crippen LogP contribution in [-0.2, 0) is 0 Å². The molecule has 2 aromatic rings. The van der Waals surface area contributed by atoms with Gasteiger partial charge < -0.3 is 5.32 Å². The van der Waals surface area contributed by atoms with Crippen molar-refractivity contribution >= 4 is 39.1 Å². The van der Waals surface area contributed by atoms with Gasteiger partial charge in [0.15, 0.2) is 0 Å². The smallest absolute Gasteiger partial charge is 0.137 e. The van der Waals surface area contributed by atoms with Crippen LogP contribution in [0.1, 0.15) is 24.1 Å². The average Bonchev–Trinajstić information content (AvgIpc) is 2.43. The van der Waals surface area contributed by atoms with E-state index in [9.17, 15) is 8.78 Å². The molecule has 0 heterocycles. The first-order valence-corrected chi connectivity index (χ1v) is 7.81. The Labute approximate surface area is 140 Å². The van der Waals surface area contributed by atoms with Crippen molar-refractivity contribution < 1.29 is 8.78 Å². The lowest BCUT2D eigenvalue weighted by Gasteiger charge is -2.21. The number of benzene rings is 2. The summed E-state index contributed by atoms with van der Waals surface area (Å²) in [6.45, 7) is 2.43. The molecule has 0 aliphatic carbocycles. The van der Waals surface area contributed by atoms with E-state index in [0.29, 0.717) is 22.2 Å². The van der Waals surface area contributed by atoms with Crippen molar-refractivity contribution in [3.05, 3.63) is 67.6 Å². The van der Waals surface area contributed by atoms with Gasteiger partial charge in [-0.3, -0.25) is 0 Å². The number of hydrogen-bond donors (Lipinski definition) is 1. The number of rotatable bonds is 4. The van der Waals surface area contributed by atoms with E-state index >= 15 is 0 Å². The average molecular weight is 395 g/mol. The SMILES string of the molecule is CCNC(c1cc(F)c(Br)cc1F)c1cc(Cl)ccc1Cl. The van der Waals surface area contributed by atoms with Crippen LogP contribution >= 0.6 is 39.1 Å². The molecular formula is C15H12BrCl2F2N. The van der Waals surface area contributed by atoms with Crippen molar-refractivity contribution in [1.82, 2.24) is 5.32 Å². The summed E-state index contributed by atoms with van der Waals surface area (Å²) < 4.78 is 28.0. The maximum atomic E-state index is 14.2. The van der Waals surface area contributed by atoms with Gasteiger partial charge in [0, 0.05) is 15.6 Å². The quantitative estimate of drug-likeness (QED) is 0.652. The lowest BCUT2D eigenvalue weighted by atomic mass is 9.98. The summed E-state index contributed by atoms with van der Waals surface area (Å²) in [6, 6.07) is 6.61. The summed E-state index contributed by atoms with van der Waals surface area (Å²) in [5.41, 5.74) is 0.786. The largest absolute Gasteiger partial charge is 0.306 e. The molecule has 1 N–H and O–H groups in total. The Morgan fingerprint density at radius 1 is 1.10 bits per heavy atom. The van der Waals surface area contributed by atoms with Crippen LogP contribution in [0.5, 0.6) is 0 Å². The third-order valence-electron chi connectivity index (χ3n) is 3.03. The predicted molar refractivity (Wildman–Crippen MR) is 86.0 cm³/mol. The molecule has 0 aliphatic heterocycles. The zero-order valence-electron chi connectivity index (χ0n) is 11.1. The molecule has 21 heavy (non-hydrogen) atoms. The van der Waals surface area contributed by atoms with Crippen molar-refractivity contribution in [2.45, 2.75) is 13.0 Å². The molecule has 2 rings (SSSR count). The fourth-order valence-corrected chi connectivity index (χ4v) is 2.81. The van der Waals surface area contributed by atoms with E-state index in [1.807, 2.05) is 6.92 Å². The fourth-order valence-electron chi connectivity index (χ4n) is 2.09. The van der Waals surface area contributed by atoms with E-state index in [4.69, 9.17) is 23.2 Å². The monoisotopic (exact) mass is 393 g/mol. The summed E-state index contributed by atoms with van der Waals surface area (Å²) in [5.74, 6) is -1.06. The molecule has 0 aromatic heterocycles. The molecule has 0 radical (unpaired) electrons. The minimum Gasteiger partial charge on any atom is -0.306 e. The van der Waals surface area contributed by atoms with Crippen LogP contribution < -0.4 is 5.32 Å². The first kappa shape index (κ1) is 16.7. The van der Waals surface area contributed by atoms with Gasteiger partial charge in [-0.05, 0) is 58.4 Å². The third-order valence-corrected chi connectivity index (χ3v) is 4.21. The molecule has 1 nitrogen and oxygen atoms in total. The Bertz CT molecular complexity index is 664. The molecule has 0 saturated heterocycles. The van der Waals surface area contributed by atoms with Gasteiger partial charge in [0.05, 0.1) is 10.5 Å². The Kier molecular flexibility index (Phi) is 5.60. The highest BCUT2D eigenvalue weighted by Crippen LogP contribution is 2.33. The van der Waals surface area contributed by atoms with E-state index in [0.717, 1.165) is 12.1 Å². The maximum absolute atomic E-state index is 14.2. The minimum atomic E-state index is -0.580. The second kappa shape index (κ2) is 7.05. The second-order valence-corrected chi connectivity index (χ2v) is 6.14. The van der Waals surface area contributed by atoms with E-state index in [1.54, 1.807) is 18.2 Å². The van der Waals surface area contributed by atoms with Crippen LogP contribution in [0.4, 0.5) is 8.78 Å². The minimum absolute atomic E-state index is 0.0798. The normalized spacial score (nSPS) is 12.5. The van der Waals surface area contributed by atoms with Crippen molar-refractivity contribution in [3.63, 3.8) is 0 Å². The van der Waals surface area contributed by atoms with Crippen LogP contribution in [0, 0.1) is 11.6 Å². The van der Waals surface area contributed by atoms with Crippen molar-refractivity contribution in [3.8, 4) is 0 Å². The van der Waals surface area contributed by atoms with Gasteiger partial charge in [-0.25, -0.2) is 8.78 Å². The standard InChI is InChI=1S/C15H12BrCl2F2N/c1-2-21-15(9-5-8(17)3-4-12(9)18)10-6-14(20)11(16)7-13(10)19/h3-7,15,21H,2H2,1H3. The van der Waals surface area contributed by atoms with Crippen LogP contribution in [0.3, 0.4) is 0 Å². The topological polar surface area (TPSA) is 12.0 Å². The molecule has 2 aromatic carbocycles. The summed E-state index contributed by atoms with van der Waals surface area (Å²) in [6.07, 6.45) is 0. The Morgan fingerprint density at radius 2 is 1.81 bits per heavy atom. The highest BCUT2D eigenvalue weighted by atomic mass is 79.9. The van der Waals surface area contributed by atoms with Gasteiger partial charge in [-0.1, -0.05) is 30.1 Å². The summed E-state index contributed by atoms with van der Waals surface area (Å²) in [7, 11) is 0. The predicted octanol–water partition coefficient (Wildman–Crippen LogP) is 5.73. The molecular weight excluding hydrogens is 383 g/mol. The van der Waals surface area contributed by atoms with Crippen molar-refractivity contribution in [1.29, 1.82) is 0 Å². The zero-order chi connectivity index (χ0) is 15.6. The highest BCUT2D eigenvalue weighted by Gasteiger charge is 2.21. The van der Waals surface area contributed by atoms with Gasteiger partial charge in [0.25, 0.3) is 0 Å². The van der Waals surface area contributed by atoms with E-state index < -0.39 is 17.7 Å². The van der Waals surface area contributed by atoms with Crippen molar-refractivity contribution in [2.75, 3.05) is 6.54 Å². The number of hydrogen-bond acceptors (Lipinski definition) is 1. The summed E-state index contributed by atoms with van der Waals surface area (Å²) in [4.78, 5) is 0. The van der Waals surface area contributed by atoms with Gasteiger partial charge in [0.2, 0.25) is 0 Å². The van der Waals surface area contributed by atoms with E-state index in [2.05, 4.69) is 21.2 Å². The Hall–Kier alpha value is -0.680. The summed E-state index contributed by atoms with van der Waals surface area (Å²) >= 11 is 15.1. The van der Waals surface area contributed by atoms with Crippen LogP contribution in [-0.4, -0.2) is 6.54 Å². The molecule has 0 amide bonds.